The van der Waals surface area contributed by atoms with Gasteiger partial charge in [0.25, 0.3) is 0 Å². The molecule has 0 saturated heterocycles. The molecule has 0 atom stereocenters. The average Bonchev–Trinajstić information content (AvgIpc) is 2.59. The Morgan fingerprint density at radius 1 is 0.731 bits per heavy atom. The number of hydrogen-bond acceptors (Lipinski definition) is 3. The molecule has 0 fully saturated rings. The highest BCUT2D eigenvalue weighted by Gasteiger charge is 1.99. The van der Waals surface area contributed by atoms with E-state index in [1.807, 2.05) is 0 Å². The fourth-order valence-corrected chi connectivity index (χ4v) is 2.96. The van der Waals surface area contributed by atoms with Crippen molar-refractivity contribution in [3.05, 3.63) is 12.2 Å². The first kappa shape index (κ1) is 24.7. The van der Waals surface area contributed by atoms with E-state index >= 15 is 0 Å². The van der Waals surface area contributed by atoms with Crippen LogP contribution in [0.1, 0.15) is 104 Å². The predicted molar refractivity (Wildman–Crippen MR) is 107 cm³/mol. The van der Waals surface area contributed by atoms with Gasteiger partial charge in [-0.2, -0.15) is 0 Å². The minimum absolute atomic E-state index is 0.375. The van der Waals surface area contributed by atoms with Gasteiger partial charge in [-0.15, -0.1) is 0 Å². The van der Waals surface area contributed by atoms with E-state index in [1.54, 1.807) is 0 Å². The number of aliphatic carboxylic acids is 1. The molecule has 26 heavy (non-hydrogen) atoms. The van der Waals surface area contributed by atoms with E-state index in [0.717, 1.165) is 30.9 Å². The molecule has 0 saturated carbocycles. The molecule has 4 heteroatoms. The second-order valence-corrected chi connectivity index (χ2v) is 7.62. The van der Waals surface area contributed by atoms with Gasteiger partial charge in [-0.25, -0.2) is 9.59 Å². The summed E-state index contributed by atoms with van der Waals surface area (Å²) in [5.74, 6) is -0.859. The standard InChI is InChI=1S/C22H40O4/c1-20(2)16-14-12-10-8-6-4-3-5-7-9-11-13-15-19-26-22(25)18-17-21(23)24/h17-18,20H,3-16,19H2,1-2H3,(H,23,24). The normalized spacial score (nSPS) is 11.3. The molecule has 1 N–H and O–H groups in total. The molecule has 0 unspecified atom stereocenters. The maximum Gasteiger partial charge on any atom is 0.331 e. The number of esters is 1. The van der Waals surface area contributed by atoms with Crippen LogP contribution in [0.4, 0.5) is 0 Å². The average molecular weight is 369 g/mol. The van der Waals surface area contributed by atoms with E-state index in [0.29, 0.717) is 6.61 Å². The van der Waals surface area contributed by atoms with Crippen molar-refractivity contribution >= 4 is 11.9 Å². The quantitative estimate of drug-likeness (QED) is 0.175. The van der Waals surface area contributed by atoms with E-state index in [9.17, 15) is 9.59 Å². The molecule has 0 bridgehead atoms. The number of hydrogen-bond donors (Lipinski definition) is 1. The van der Waals surface area contributed by atoms with Gasteiger partial charge >= 0.3 is 11.9 Å². The van der Waals surface area contributed by atoms with Crippen LogP contribution in [0.5, 0.6) is 0 Å². The molecule has 0 aliphatic carbocycles. The van der Waals surface area contributed by atoms with Crippen molar-refractivity contribution in [2.24, 2.45) is 5.92 Å². The molecule has 0 amide bonds. The van der Waals surface area contributed by atoms with Crippen LogP contribution in [0.3, 0.4) is 0 Å². The van der Waals surface area contributed by atoms with Crippen molar-refractivity contribution in [2.45, 2.75) is 104 Å². The zero-order valence-electron chi connectivity index (χ0n) is 17.0. The van der Waals surface area contributed by atoms with Crippen LogP contribution in [0.15, 0.2) is 12.2 Å². The Balaban J connectivity index is 3.16. The molecule has 0 aliphatic rings. The molecule has 152 valence electrons. The van der Waals surface area contributed by atoms with Gasteiger partial charge in [-0.1, -0.05) is 97.3 Å². The van der Waals surface area contributed by atoms with Crippen LogP contribution in [0.25, 0.3) is 0 Å². The van der Waals surface area contributed by atoms with Gasteiger partial charge in [0.15, 0.2) is 0 Å². The number of ether oxygens (including phenoxy) is 1. The third-order valence-corrected chi connectivity index (χ3v) is 4.53. The summed E-state index contributed by atoms with van der Waals surface area (Å²) < 4.78 is 4.92. The Hall–Kier alpha value is -1.32. The van der Waals surface area contributed by atoms with E-state index in [4.69, 9.17) is 9.84 Å². The lowest BCUT2D eigenvalue weighted by atomic mass is 10.0. The number of rotatable bonds is 18. The van der Waals surface area contributed by atoms with Crippen molar-refractivity contribution in [1.29, 1.82) is 0 Å². The monoisotopic (exact) mass is 368 g/mol. The number of unbranched alkanes of at least 4 members (excludes halogenated alkanes) is 12. The van der Waals surface area contributed by atoms with Crippen LogP contribution in [-0.2, 0) is 14.3 Å². The number of carbonyl (C=O) groups excluding carboxylic acids is 1. The zero-order valence-corrected chi connectivity index (χ0v) is 17.0. The fourth-order valence-electron chi connectivity index (χ4n) is 2.96. The smallest absolute Gasteiger partial charge is 0.331 e. The van der Waals surface area contributed by atoms with E-state index in [-0.39, 0.29) is 0 Å². The second-order valence-electron chi connectivity index (χ2n) is 7.62. The van der Waals surface area contributed by atoms with Gasteiger partial charge in [0.05, 0.1) is 6.61 Å². The molecule has 0 aromatic rings. The Morgan fingerprint density at radius 2 is 1.15 bits per heavy atom. The van der Waals surface area contributed by atoms with Gasteiger partial charge < -0.3 is 9.84 Å². The lowest BCUT2D eigenvalue weighted by Gasteiger charge is -2.05. The first-order chi connectivity index (χ1) is 12.5. The van der Waals surface area contributed by atoms with Crippen LogP contribution in [0.2, 0.25) is 0 Å². The largest absolute Gasteiger partial charge is 0.478 e. The maximum atomic E-state index is 11.1. The maximum absolute atomic E-state index is 11.1. The molecule has 0 aromatic heterocycles. The van der Waals surface area contributed by atoms with Gasteiger partial charge in [0.2, 0.25) is 0 Å². The Bertz CT molecular complexity index is 374. The summed E-state index contributed by atoms with van der Waals surface area (Å²) in [6.07, 6.45) is 19.9. The topological polar surface area (TPSA) is 63.6 Å². The SMILES string of the molecule is CC(C)CCCCCCCCCCCCCCCOC(=O)C=CC(=O)O. The summed E-state index contributed by atoms with van der Waals surface area (Å²) in [6.45, 7) is 4.98. The first-order valence-electron chi connectivity index (χ1n) is 10.6. The summed E-state index contributed by atoms with van der Waals surface area (Å²) in [6, 6.07) is 0. The molecule has 0 aromatic carbocycles. The lowest BCUT2D eigenvalue weighted by molar-refractivity contribution is -0.138. The summed E-state index contributed by atoms with van der Waals surface area (Å²) in [5.41, 5.74) is 0. The van der Waals surface area contributed by atoms with Gasteiger partial charge in [0.1, 0.15) is 0 Å². The van der Waals surface area contributed by atoms with Crippen LogP contribution >= 0.6 is 0 Å². The van der Waals surface area contributed by atoms with E-state index in [1.165, 1.54) is 77.0 Å². The molecule has 0 aliphatic heterocycles. The van der Waals surface area contributed by atoms with Crippen molar-refractivity contribution in [3.63, 3.8) is 0 Å². The third-order valence-electron chi connectivity index (χ3n) is 4.53. The minimum Gasteiger partial charge on any atom is -0.478 e. The summed E-state index contributed by atoms with van der Waals surface area (Å²) >= 11 is 0. The molecular weight excluding hydrogens is 328 g/mol. The van der Waals surface area contributed by atoms with Crippen molar-refractivity contribution < 1.29 is 19.4 Å². The van der Waals surface area contributed by atoms with Crippen molar-refractivity contribution in [1.82, 2.24) is 0 Å². The van der Waals surface area contributed by atoms with Crippen molar-refractivity contribution in [2.75, 3.05) is 6.61 Å². The molecule has 0 heterocycles. The summed E-state index contributed by atoms with van der Waals surface area (Å²) in [7, 11) is 0. The number of carbonyl (C=O) groups is 2. The predicted octanol–water partition coefficient (Wildman–Crippen LogP) is 6.29. The number of carboxylic acid groups (broad SMARTS) is 1. The molecule has 4 nitrogen and oxygen atoms in total. The molecule has 0 rings (SSSR count). The summed E-state index contributed by atoms with van der Waals surface area (Å²) in [4.78, 5) is 21.4. The van der Waals surface area contributed by atoms with Crippen LogP contribution in [0, 0.1) is 5.92 Å². The van der Waals surface area contributed by atoms with Gasteiger partial charge in [-0.05, 0) is 12.3 Å². The first-order valence-corrected chi connectivity index (χ1v) is 10.6. The highest BCUT2D eigenvalue weighted by molar-refractivity contribution is 5.90. The van der Waals surface area contributed by atoms with Crippen LogP contribution < -0.4 is 0 Å². The highest BCUT2D eigenvalue weighted by atomic mass is 16.5. The van der Waals surface area contributed by atoms with Gasteiger partial charge in [-0.3, -0.25) is 0 Å². The minimum atomic E-state index is -1.14. The number of carboxylic acids is 1. The Kier molecular flexibility index (Phi) is 17.5. The summed E-state index contributed by atoms with van der Waals surface area (Å²) in [5, 5.41) is 8.39. The Morgan fingerprint density at radius 3 is 1.58 bits per heavy atom. The second kappa shape index (κ2) is 18.5. The van der Waals surface area contributed by atoms with Crippen molar-refractivity contribution in [3.8, 4) is 0 Å². The zero-order chi connectivity index (χ0) is 19.5. The molecule has 0 radical (unpaired) electrons. The van der Waals surface area contributed by atoms with Crippen LogP contribution in [-0.4, -0.2) is 23.7 Å². The van der Waals surface area contributed by atoms with E-state index < -0.39 is 11.9 Å². The molecule has 0 spiro atoms. The lowest BCUT2D eigenvalue weighted by Crippen LogP contribution is -2.03. The van der Waals surface area contributed by atoms with Gasteiger partial charge in [0, 0.05) is 12.2 Å². The highest BCUT2D eigenvalue weighted by Crippen LogP contribution is 2.14. The fraction of sp³-hybridized carbons (Fsp3) is 0.818. The van der Waals surface area contributed by atoms with E-state index in [2.05, 4.69) is 13.8 Å². The Labute approximate surface area is 160 Å². The molecular formula is C22H40O4. The third kappa shape index (κ3) is 20.7.